The zero-order valence-electron chi connectivity index (χ0n) is 12.1. The first-order valence-electron chi connectivity index (χ1n) is 6.96. The Balaban J connectivity index is 1.74. The van der Waals surface area contributed by atoms with E-state index in [1.165, 1.54) is 17.7 Å². The molecule has 0 saturated heterocycles. The highest BCUT2D eigenvalue weighted by molar-refractivity contribution is 7.18. The summed E-state index contributed by atoms with van der Waals surface area (Å²) in [5.41, 5.74) is 0. The molecule has 0 atom stereocenters. The third-order valence-corrected chi connectivity index (χ3v) is 4.50. The first-order chi connectivity index (χ1) is 9.67. The van der Waals surface area contributed by atoms with Gasteiger partial charge in [-0.2, -0.15) is 4.98 Å². The first kappa shape index (κ1) is 13.6. The molecule has 1 N–H and O–H groups in total. The second-order valence-corrected chi connectivity index (χ2v) is 6.47. The molecule has 0 bridgehead atoms. The summed E-state index contributed by atoms with van der Waals surface area (Å²) in [6.45, 7) is 3.68. The van der Waals surface area contributed by atoms with E-state index in [2.05, 4.69) is 40.2 Å². The van der Waals surface area contributed by atoms with Crippen molar-refractivity contribution in [3.05, 3.63) is 10.9 Å². The van der Waals surface area contributed by atoms with E-state index in [-0.39, 0.29) is 0 Å². The number of aryl methyl sites for hydroxylation is 1. The lowest BCUT2D eigenvalue weighted by molar-refractivity contribution is 0.228. The maximum Gasteiger partial charge on any atom is 0.227 e. The van der Waals surface area contributed by atoms with E-state index < -0.39 is 0 Å². The molecule has 0 aromatic carbocycles. The number of fused-ring (bicyclic) bond motifs is 1. The third kappa shape index (κ3) is 2.86. The van der Waals surface area contributed by atoms with Crippen molar-refractivity contribution in [3.8, 4) is 5.88 Å². The zero-order chi connectivity index (χ0) is 14.1. The second-order valence-electron chi connectivity index (χ2n) is 5.24. The molecule has 1 aliphatic rings. The minimum atomic E-state index is 0.616. The van der Waals surface area contributed by atoms with Gasteiger partial charge in [0, 0.05) is 24.5 Å². The lowest BCUT2D eigenvalue weighted by Crippen LogP contribution is -2.26. The van der Waals surface area contributed by atoms with Gasteiger partial charge < -0.3 is 15.0 Å². The van der Waals surface area contributed by atoms with Gasteiger partial charge in [-0.05, 0) is 32.9 Å². The topological polar surface area (TPSA) is 50.3 Å². The van der Waals surface area contributed by atoms with Crippen LogP contribution in [0.1, 0.15) is 17.7 Å². The molecule has 0 aliphatic heterocycles. The van der Waals surface area contributed by atoms with E-state index >= 15 is 0 Å². The Kier molecular flexibility index (Phi) is 3.76. The molecule has 2 aromatic heterocycles. The van der Waals surface area contributed by atoms with Gasteiger partial charge in [0.25, 0.3) is 0 Å². The summed E-state index contributed by atoms with van der Waals surface area (Å²) in [5, 5.41) is 4.00. The Morgan fingerprint density at radius 2 is 2.25 bits per heavy atom. The van der Waals surface area contributed by atoms with Gasteiger partial charge in [0.2, 0.25) is 11.8 Å². The number of hydrogen-bond donors (Lipinski definition) is 1. The molecule has 0 unspecified atom stereocenters. The summed E-state index contributed by atoms with van der Waals surface area (Å²) in [5.74, 6) is 1.30. The molecule has 2 heterocycles. The zero-order valence-corrected chi connectivity index (χ0v) is 13.0. The lowest BCUT2D eigenvalue weighted by atomic mass is 10.3. The van der Waals surface area contributed by atoms with Gasteiger partial charge >= 0.3 is 0 Å². The van der Waals surface area contributed by atoms with Crippen molar-refractivity contribution >= 4 is 27.5 Å². The molecule has 20 heavy (non-hydrogen) atoms. The van der Waals surface area contributed by atoms with E-state index in [9.17, 15) is 0 Å². The molecule has 108 valence electrons. The van der Waals surface area contributed by atoms with Crippen LogP contribution >= 0.6 is 11.3 Å². The number of thiophene rings is 1. The fourth-order valence-electron chi connectivity index (χ4n) is 2.22. The Hall–Kier alpha value is -1.40. The van der Waals surface area contributed by atoms with Gasteiger partial charge in [-0.25, -0.2) is 4.98 Å². The minimum absolute atomic E-state index is 0.616. The van der Waals surface area contributed by atoms with Crippen molar-refractivity contribution in [2.45, 2.75) is 25.8 Å². The molecule has 3 rings (SSSR count). The smallest absolute Gasteiger partial charge is 0.227 e. The van der Waals surface area contributed by atoms with E-state index in [1.807, 2.05) is 7.05 Å². The van der Waals surface area contributed by atoms with Crippen molar-refractivity contribution in [2.75, 3.05) is 32.6 Å². The Morgan fingerprint density at radius 3 is 2.95 bits per heavy atom. The average molecular weight is 292 g/mol. The van der Waals surface area contributed by atoms with Crippen LogP contribution in [-0.4, -0.2) is 48.2 Å². The average Bonchev–Trinajstić information content (AvgIpc) is 3.20. The number of rotatable bonds is 6. The van der Waals surface area contributed by atoms with Crippen molar-refractivity contribution in [2.24, 2.45) is 0 Å². The Bertz CT molecular complexity index is 608. The molecule has 0 radical (unpaired) electrons. The van der Waals surface area contributed by atoms with Crippen molar-refractivity contribution in [1.82, 2.24) is 14.9 Å². The minimum Gasteiger partial charge on any atom is -0.476 e. The summed E-state index contributed by atoms with van der Waals surface area (Å²) >= 11 is 1.67. The molecule has 0 amide bonds. The van der Waals surface area contributed by atoms with Gasteiger partial charge in [0.05, 0.1) is 5.39 Å². The number of nitrogens with zero attached hydrogens (tertiary/aromatic N) is 3. The van der Waals surface area contributed by atoms with E-state index in [1.54, 1.807) is 11.3 Å². The predicted molar refractivity (Wildman–Crippen MR) is 82.8 cm³/mol. The third-order valence-electron chi connectivity index (χ3n) is 3.56. The van der Waals surface area contributed by atoms with Crippen LogP contribution in [-0.2, 0) is 0 Å². The number of likely N-dealkylation sites (N-methyl/N-ethyl adjacent to an activating group) is 1. The molecule has 2 aromatic rings. The molecule has 1 saturated carbocycles. The van der Waals surface area contributed by atoms with Gasteiger partial charge in [0.15, 0.2) is 0 Å². The molecule has 6 heteroatoms. The lowest BCUT2D eigenvalue weighted by Gasteiger charge is -2.15. The molecule has 5 nitrogen and oxygen atoms in total. The summed E-state index contributed by atoms with van der Waals surface area (Å²) in [4.78, 5) is 13.5. The largest absolute Gasteiger partial charge is 0.476 e. The highest BCUT2D eigenvalue weighted by Crippen LogP contribution is 2.31. The van der Waals surface area contributed by atoms with E-state index in [0.717, 1.165) is 22.8 Å². The monoisotopic (exact) mass is 292 g/mol. The molecule has 1 aliphatic carbocycles. The molecule has 1 fully saturated rings. The van der Waals surface area contributed by atoms with Gasteiger partial charge in [-0.1, -0.05) is 0 Å². The Labute approximate surface area is 123 Å². The van der Waals surface area contributed by atoms with Crippen molar-refractivity contribution in [1.29, 1.82) is 0 Å². The van der Waals surface area contributed by atoms with Gasteiger partial charge in [-0.15, -0.1) is 11.3 Å². The predicted octanol–water partition coefficient (Wildman–Crippen LogP) is 2.51. The van der Waals surface area contributed by atoms with Crippen LogP contribution in [0.2, 0.25) is 0 Å². The first-order valence-corrected chi connectivity index (χ1v) is 7.78. The highest BCUT2D eigenvalue weighted by Gasteiger charge is 2.25. The van der Waals surface area contributed by atoms with Crippen molar-refractivity contribution in [3.63, 3.8) is 0 Å². The van der Waals surface area contributed by atoms with Crippen LogP contribution in [0.5, 0.6) is 5.88 Å². The molecular formula is C14H20N4OS. The van der Waals surface area contributed by atoms with E-state index in [4.69, 9.17) is 4.74 Å². The summed E-state index contributed by atoms with van der Waals surface area (Å²) in [7, 11) is 3.98. The summed E-state index contributed by atoms with van der Waals surface area (Å²) in [6.07, 6.45) is 2.64. The standard InChI is InChI=1S/C14H20N4OS/c1-9-8-11-12(16-14(15-2)17-13(11)20-9)19-7-6-18(3)10-4-5-10/h8,10H,4-7H2,1-3H3,(H,15,16,17). The number of nitrogens with one attached hydrogen (secondary N) is 1. The number of ether oxygens (including phenoxy) is 1. The van der Waals surface area contributed by atoms with Gasteiger partial charge in [0.1, 0.15) is 11.4 Å². The molecule has 0 spiro atoms. The summed E-state index contributed by atoms with van der Waals surface area (Å²) < 4.78 is 5.90. The van der Waals surface area contributed by atoms with Crippen LogP contribution in [0.4, 0.5) is 5.95 Å². The van der Waals surface area contributed by atoms with Crippen LogP contribution < -0.4 is 10.1 Å². The van der Waals surface area contributed by atoms with Crippen LogP contribution in [0.25, 0.3) is 10.2 Å². The number of hydrogen-bond acceptors (Lipinski definition) is 6. The quantitative estimate of drug-likeness (QED) is 0.886. The van der Waals surface area contributed by atoms with Crippen LogP contribution in [0, 0.1) is 6.92 Å². The van der Waals surface area contributed by atoms with Crippen LogP contribution in [0.15, 0.2) is 6.07 Å². The van der Waals surface area contributed by atoms with Gasteiger partial charge in [-0.3, -0.25) is 0 Å². The normalized spacial score (nSPS) is 15.0. The van der Waals surface area contributed by atoms with Crippen molar-refractivity contribution < 1.29 is 4.74 Å². The highest BCUT2D eigenvalue weighted by atomic mass is 32.1. The maximum atomic E-state index is 5.90. The fraction of sp³-hybridized carbons (Fsp3) is 0.571. The van der Waals surface area contributed by atoms with Crippen LogP contribution in [0.3, 0.4) is 0 Å². The SMILES string of the molecule is CNc1nc(OCCN(C)C2CC2)c2cc(C)sc2n1. The fourth-order valence-corrected chi connectivity index (χ4v) is 3.09. The number of anilines is 1. The number of aromatic nitrogens is 2. The van der Waals surface area contributed by atoms with E-state index in [0.29, 0.717) is 18.4 Å². The summed E-state index contributed by atoms with van der Waals surface area (Å²) in [6, 6.07) is 2.86. The second kappa shape index (κ2) is 5.54. The molecular weight excluding hydrogens is 272 g/mol. The maximum absolute atomic E-state index is 5.90. The Morgan fingerprint density at radius 1 is 1.45 bits per heavy atom.